The van der Waals surface area contributed by atoms with E-state index in [1.165, 1.54) is 12.8 Å². The molecule has 1 aromatic heterocycles. The molecule has 3 heterocycles. The zero-order chi connectivity index (χ0) is 25.9. The number of fused-ring (bicyclic) bond motifs is 1. The Kier molecular flexibility index (Phi) is 5.92. The number of aromatic hydroxyl groups is 1. The molecule has 0 unspecified atom stereocenters. The maximum atomic E-state index is 13.3. The lowest BCUT2D eigenvalue weighted by Gasteiger charge is -2.62. The van der Waals surface area contributed by atoms with E-state index in [-0.39, 0.29) is 23.7 Å². The van der Waals surface area contributed by atoms with Crippen LogP contribution in [0.4, 0.5) is 0 Å². The van der Waals surface area contributed by atoms with Gasteiger partial charge >= 0.3 is 0 Å². The van der Waals surface area contributed by atoms with E-state index in [0.717, 1.165) is 48.5 Å². The number of aryl methyl sites for hydroxylation is 1. The number of phenols is 1. The van der Waals surface area contributed by atoms with Crippen LogP contribution in [0.5, 0.6) is 11.5 Å². The van der Waals surface area contributed by atoms with Crippen LogP contribution in [0, 0.1) is 12.8 Å². The van der Waals surface area contributed by atoms with Crippen LogP contribution in [0.1, 0.15) is 62.1 Å². The first-order valence-corrected chi connectivity index (χ1v) is 13.7. The largest absolute Gasteiger partial charge is 0.504 e. The number of benzene rings is 1. The Morgan fingerprint density at radius 1 is 1.24 bits per heavy atom. The van der Waals surface area contributed by atoms with Crippen molar-refractivity contribution in [1.82, 2.24) is 9.80 Å². The molecule has 6 rings (SSSR count). The Balaban J connectivity index is 1.41. The quantitative estimate of drug-likeness (QED) is 0.570. The Morgan fingerprint density at radius 2 is 2.05 bits per heavy atom. The molecule has 2 N–H and O–H groups in total. The molecule has 3 fully saturated rings. The highest BCUT2D eigenvalue weighted by molar-refractivity contribution is 5.91. The van der Waals surface area contributed by atoms with Gasteiger partial charge in [0.2, 0.25) is 5.91 Å². The highest BCUT2D eigenvalue weighted by Gasteiger charge is 2.71. The van der Waals surface area contributed by atoms with E-state index in [2.05, 4.69) is 11.8 Å². The number of hydrogen-bond acceptors (Lipinski definition) is 6. The van der Waals surface area contributed by atoms with Gasteiger partial charge in [-0.3, -0.25) is 9.69 Å². The molecule has 5 atom stereocenters. The van der Waals surface area contributed by atoms with Gasteiger partial charge in [-0.1, -0.05) is 13.0 Å². The fourth-order valence-electron chi connectivity index (χ4n) is 7.71. The molecule has 1 spiro atoms. The molecule has 1 amide bonds. The third kappa shape index (κ3) is 3.65. The molecule has 1 aromatic carbocycles. The summed E-state index contributed by atoms with van der Waals surface area (Å²) < 4.78 is 11.8. The molecular weight excluding hydrogens is 468 g/mol. The fourth-order valence-corrected chi connectivity index (χ4v) is 7.71. The van der Waals surface area contributed by atoms with Crippen LogP contribution in [-0.4, -0.2) is 69.8 Å². The normalized spacial score (nSPS) is 33.0. The SMILES string of the molecule is CC[C@H]1N(CC2CC2)CC[C@]23c4c(C)ccc(O)c4O[C@H]2[C@H](N(C)C(=O)/C=C/c2ccoc2)CC[C@@]13O. The number of rotatable bonds is 6. The Hall–Kier alpha value is -2.77. The minimum absolute atomic E-state index is 0.00333. The number of likely N-dealkylation sites (tertiary alicyclic amines) is 1. The first kappa shape index (κ1) is 24.6. The highest BCUT2D eigenvalue weighted by atomic mass is 16.5. The number of carbonyl (C=O) groups is 1. The number of amides is 1. The molecule has 7 heteroatoms. The predicted octanol–water partition coefficient (Wildman–Crippen LogP) is 4.25. The molecule has 7 nitrogen and oxygen atoms in total. The zero-order valence-electron chi connectivity index (χ0n) is 22.0. The second kappa shape index (κ2) is 8.91. The fraction of sp³-hybridized carbons (Fsp3) is 0.567. The molecule has 2 saturated carbocycles. The minimum Gasteiger partial charge on any atom is -0.504 e. The average molecular weight is 507 g/mol. The van der Waals surface area contributed by atoms with Gasteiger partial charge in [0, 0.05) is 36.8 Å². The van der Waals surface area contributed by atoms with Gasteiger partial charge in [-0.05, 0) is 81.7 Å². The minimum atomic E-state index is -1.02. The summed E-state index contributed by atoms with van der Waals surface area (Å²) in [4.78, 5) is 17.6. The molecule has 1 saturated heterocycles. The molecule has 0 bridgehead atoms. The number of carbonyl (C=O) groups excluding carboxylic acids is 1. The number of piperidine rings is 1. The lowest BCUT2D eigenvalue weighted by Crippen LogP contribution is -2.76. The topological polar surface area (TPSA) is 86.4 Å². The van der Waals surface area contributed by atoms with Crippen LogP contribution in [0.2, 0.25) is 0 Å². The van der Waals surface area contributed by atoms with Crippen LogP contribution >= 0.6 is 0 Å². The van der Waals surface area contributed by atoms with Crippen molar-refractivity contribution in [2.45, 2.75) is 81.6 Å². The van der Waals surface area contributed by atoms with Crippen LogP contribution in [0.3, 0.4) is 0 Å². The number of ether oxygens (including phenoxy) is 1. The van der Waals surface area contributed by atoms with Crippen LogP contribution in [-0.2, 0) is 10.2 Å². The Bertz CT molecular complexity index is 1200. The third-order valence-corrected chi connectivity index (χ3v) is 9.63. The lowest BCUT2D eigenvalue weighted by atomic mass is 9.51. The summed E-state index contributed by atoms with van der Waals surface area (Å²) in [6.45, 7) is 6.12. The van der Waals surface area contributed by atoms with E-state index in [0.29, 0.717) is 18.6 Å². The second-order valence-electron chi connectivity index (χ2n) is 11.6. The molecule has 2 aliphatic heterocycles. The van der Waals surface area contributed by atoms with E-state index in [4.69, 9.17) is 9.15 Å². The van der Waals surface area contributed by atoms with Gasteiger partial charge in [0.1, 0.15) is 6.10 Å². The Morgan fingerprint density at radius 3 is 2.76 bits per heavy atom. The van der Waals surface area contributed by atoms with Gasteiger partial charge in [-0.15, -0.1) is 0 Å². The van der Waals surface area contributed by atoms with E-state index >= 15 is 0 Å². The predicted molar refractivity (Wildman–Crippen MR) is 140 cm³/mol. The molecule has 198 valence electrons. The van der Waals surface area contributed by atoms with Crippen molar-refractivity contribution in [2.24, 2.45) is 5.92 Å². The number of aliphatic hydroxyl groups is 1. The lowest BCUT2D eigenvalue weighted by molar-refractivity contribution is -0.196. The summed E-state index contributed by atoms with van der Waals surface area (Å²) in [6.07, 6.45) is 11.4. The summed E-state index contributed by atoms with van der Waals surface area (Å²) in [7, 11) is 1.82. The number of likely N-dealkylation sites (N-methyl/N-ethyl adjacent to an activating group) is 1. The van der Waals surface area contributed by atoms with Crippen molar-refractivity contribution in [3.8, 4) is 11.5 Å². The maximum Gasteiger partial charge on any atom is 0.246 e. The van der Waals surface area contributed by atoms with Crippen molar-refractivity contribution >= 4 is 12.0 Å². The van der Waals surface area contributed by atoms with Gasteiger partial charge < -0.3 is 24.3 Å². The maximum absolute atomic E-state index is 13.3. The van der Waals surface area contributed by atoms with Crippen molar-refractivity contribution in [2.75, 3.05) is 20.1 Å². The van der Waals surface area contributed by atoms with Crippen molar-refractivity contribution in [3.63, 3.8) is 0 Å². The summed E-state index contributed by atoms with van der Waals surface area (Å²) in [5, 5.41) is 23.7. The van der Waals surface area contributed by atoms with Crippen LogP contribution in [0.25, 0.3) is 6.08 Å². The molecule has 2 aromatic rings. The number of hydrogen-bond donors (Lipinski definition) is 2. The van der Waals surface area contributed by atoms with E-state index in [1.54, 1.807) is 35.6 Å². The van der Waals surface area contributed by atoms with Gasteiger partial charge in [-0.2, -0.15) is 0 Å². The first-order chi connectivity index (χ1) is 17.8. The van der Waals surface area contributed by atoms with E-state index in [1.807, 2.05) is 26.1 Å². The number of nitrogens with zero attached hydrogens (tertiary/aromatic N) is 2. The summed E-state index contributed by atoms with van der Waals surface area (Å²) in [5.74, 6) is 1.20. The number of phenolic OH excluding ortho intramolecular Hbond substituents is 1. The standard InChI is InChI=1S/C30H38N2O5/c1-4-24-30(35)13-11-22(31(3)25(34)10-8-21-12-16-36-18-21)28-29(30,14-15-32(24)17-20-6-7-20)26-19(2)5-9-23(33)27(26)37-28/h5,8-10,12,16,18,20,22,24,28,33,35H,4,6-7,11,13-15,17H2,1-3H3/b10-8+/t22-,24-,28+,29+,30-/m1/s1. The summed E-state index contributed by atoms with van der Waals surface area (Å²) in [6, 6.07) is 5.18. The van der Waals surface area contributed by atoms with Crippen LogP contribution in [0.15, 0.2) is 41.2 Å². The van der Waals surface area contributed by atoms with Gasteiger partial charge in [0.15, 0.2) is 11.5 Å². The molecule has 0 radical (unpaired) electrons. The van der Waals surface area contributed by atoms with Crippen molar-refractivity contribution in [3.05, 3.63) is 53.5 Å². The third-order valence-electron chi connectivity index (χ3n) is 9.63. The van der Waals surface area contributed by atoms with Crippen molar-refractivity contribution in [1.29, 1.82) is 0 Å². The van der Waals surface area contributed by atoms with Crippen molar-refractivity contribution < 1.29 is 24.2 Å². The summed E-state index contributed by atoms with van der Waals surface area (Å²) in [5.41, 5.74) is 1.07. The summed E-state index contributed by atoms with van der Waals surface area (Å²) >= 11 is 0. The smallest absolute Gasteiger partial charge is 0.246 e. The zero-order valence-corrected chi connectivity index (χ0v) is 22.0. The molecule has 2 aliphatic carbocycles. The highest BCUT2D eigenvalue weighted by Crippen LogP contribution is 2.63. The molecule has 37 heavy (non-hydrogen) atoms. The average Bonchev–Trinajstić information content (AvgIpc) is 3.40. The van der Waals surface area contributed by atoms with E-state index in [9.17, 15) is 15.0 Å². The second-order valence-corrected chi connectivity index (χ2v) is 11.6. The van der Waals surface area contributed by atoms with Crippen LogP contribution < -0.4 is 4.74 Å². The van der Waals surface area contributed by atoms with Gasteiger partial charge in [0.25, 0.3) is 0 Å². The number of furan rings is 1. The molecule has 4 aliphatic rings. The van der Waals surface area contributed by atoms with E-state index < -0.39 is 17.1 Å². The Labute approximate surface area is 218 Å². The monoisotopic (exact) mass is 506 g/mol. The van der Waals surface area contributed by atoms with Gasteiger partial charge in [-0.25, -0.2) is 0 Å². The first-order valence-electron chi connectivity index (χ1n) is 13.7. The van der Waals surface area contributed by atoms with Gasteiger partial charge in [0.05, 0.1) is 29.6 Å². The molecular formula is C30H38N2O5.